The van der Waals surface area contributed by atoms with Gasteiger partial charge in [-0.25, -0.2) is 14.4 Å². The van der Waals surface area contributed by atoms with Crippen molar-refractivity contribution in [2.45, 2.75) is 0 Å². The van der Waals surface area contributed by atoms with E-state index in [2.05, 4.69) is 10.0 Å². The second-order valence-corrected chi connectivity index (χ2v) is 1.45. The van der Waals surface area contributed by atoms with Gasteiger partial charge in [-0.05, 0) is 0 Å². The average Bonchev–Trinajstić information content (AvgIpc) is 1.63. The van der Waals surface area contributed by atoms with Crippen molar-refractivity contribution in [3.8, 4) is 0 Å². The summed E-state index contributed by atoms with van der Waals surface area (Å²) in [5, 5.41) is 0. The first-order valence-electron chi connectivity index (χ1n) is 1.70. The Morgan fingerprint density at radius 3 is 2.67 bits per heavy atom. The van der Waals surface area contributed by atoms with E-state index in [1.807, 2.05) is 0 Å². The molecule has 0 rings (SSSR count). The molecule has 8 heteroatoms. The highest BCUT2D eigenvalue weighted by atomic mass is 32.2. The first-order chi connectivity index (χ1) is 4.13. The Balaban J connectivity index is 3.10. The molecule has 0 heterocycles. The summed E-state index contributed by atoms with van der Waals surface area (Å²) in [4.78, 5) is 9.75. The van der Waals surface area contributed by atoms with Crippen LogP contribution in [-0.2, 0) is 15.6 Å². The number of nitrogens with two attached hydrogens (primary N) is 1. The van der Waals surface area contributed by atoms with E-state index in [9.17, 15) is 13.6 Å². The third-order valence-corrected chi connectivity index (χ3v) is 0.503. The van der Waals surface area contributed by atoms with E-state index in [-0.39, 0.29) is 0 Å². The Morgan fingerprint density at radius 2 is 2.33 bits per heavy atom. The van der Waals surface area contributed by atoms with Crippen LogP contribution in [0.4, 0.5) is 4.79 Å². The molecule has 9 heavy (non-hydrogen) atoms. The minimum absolute atomic E-state index is 0.944. The quantitative estimate of drug-likeness (QED) is 0.317. The SMILES string of the molecule is NC(=O)NNOS(=O)[O-]. The molecule has 0 aliphatic carbocycles. The molecule has 0 saturated heterocycles. The van der Waals surface area contributed by atoms with Crippen molar-refractivity contribution >= 4 is 17.4 Å². The summed E-state index contributed by atoms with van der Waals surface area (Å²) in [6.45, 7) is 0. The van der Waals surface area contributed by atoms with Gasteiger partial charge in [0.25, 0.3) is 0 Å². The van der Waals surface area contributed by atoms with Gasteiger partial charge < -0.3 is 10.3 Å². The molecule has 2 amide bonds. The topological polar surface area (TPSA) is 117 Å². The van der Waals surface area contributed by atoms with Gasteiger partial charge in [0, 0.05) is 0 Å². The van der Waals surface area contributed by atoms with Gasteiger partial charge in [-0.1, -0.05) is 5.59 Å². The van der Waals surface area contributed by atoms with E-state index in [0.29, 0.717) is 0 Å². The maximum absolute atomic E-state index is 9.75. The molecule has 0 radical (unpaired) electrons. The molecule has 0 aromatic heterocycles. The fourth-order valence-electron chi connectivity index (χ4n) is 0.105. The first kappa shape index (κ1) is 8.30. The van der Waals surface area contributed by atoms with Crippen molar-refractivity contribution in [2.24, 2.45) is 5.73 Å². The predicted octanol–water partition coefficient (Wildman–Crippen LogP) is -2.12. The third kappa shape index (κ3) is 7.30. The summed E-state index contributed by atoms with van der Waals surface area (Å²) >= 11 is -2.71. The maximum Gasteiger partial charge on any atom is 0.328 e. The molecule has 0 aromatic carbocycles. The summed E-state index contributed by atoms with van der Waals surface area (Å²) in [5.74, 6) is 0. The largest absolute Gasteiger partial charge is 0.748 e. The number of carbonyl (C=O) groups excluding carboxylic acids is 1. The summed E-state index contributed by atoms with van der Waals surface area (Å²) in [5.41, 5.74) is 7.68. The van der Waals surface area contributed by atoms with E-state index in [1.54, 1.807) is 11.0 Å². The molecule has 1 atom stereocenters. The highest BCUT2D eigenvalue weighted by molar-refractivity contribution is 7.74. The zero-order chi connectivity index (χ0) is 7.28. The number of amides is 2. The molecule has 0 aromatic rings. The number of hydrogen-bond acceptors (Lipinski definition) is 5. The second-order valence-electron chi connectivity index (χ2n) is 0.879. The monoisotopic (exact) mass is 154 g/mol. The van der Waals surface area contributed by atoms with Crippen molar-refractivity contribution in [2.75, 3.05) is 0 Å². The number of carbonyl (C=O) groups is 1. The summed E-state index contributed by atoms with van der Waals surface area (Å²) in [6, 6.07) is -0.944. The number of hydrazine groups is 1. The van der Waals surface area contributed by atoms with Gasteiger partial charge in [-0.2, -0.15) is 4.28 Å². The lowest BCUT2D eigenvalue weighted by Crippen LogP contribution is -2.41. The van der Waals surface area contributed by atoms with Crippen LogP contribution < -0.4 is 16.7 Å². The Hall–Kier alpha value is -0.700. The van der Waals surface area contributed by atoms with E-state index >= 15 is 0 Å². The minimum atomic E-state index is -2.71. The lowest BCUT2D eigenvalue weighted by Gasteiger charge is -2.04. The highest BCUT2D eigenvalue weighted by Crippen LogP contribution is 1.65. The van der Waals surface area contributed by atoms with Gasteiger partial charge in [0.1, 0.15) is 11.4 Å². The predicted molar refractivity (Wildman–Crippen MR) is 25.9 cm³/mol. The Bertz CT molecular complexity index is 111. The van der Waals surface area contributed by atoms with Crippen LogP contribution in [0.15, 0.2) is 0 Å². The zero-order valence-electron chi connectivity index (χ0n) is 4.12. The normalized spacial score (nSPS) is 12.6. The minimum Gasteiger partial charge on any atom is -0.748 e. The highest BCUT2D eigenvalue weighted by Gasteiger charge is 1.86. The van der Waals surface area contributed by atoms with Gasteiger partial charge in [0.2, 0.25) is 0 Å². The first-order valence-corrected chi connectivity index (χ1v) is 2.70. The van der Waals surface area contributed by atoms with Crippen LogP contribution in [0.2, 0.25) is 0 Å². The Labute approximate surface area is 53.0 Å². The molecule has 0 spiro atoms. The van der Waals surface area contributed by atoms with Gasteiger partial charge in [0.05, 0.1) is 0 Å². The van der Waals surface area contributed by atoms with Crippen LogP contribution in [0.25, 0.3) is 0 Å². The molecule has 0 aliphatic heterocycles. The molecule has 7 nitrogen and oxygen atoms in total. The van der Waals surface area contributed by atoms with Crippen molar-refractivity contribution in [3.63, 3.8) is 0 Å². The van der Waals surface area contributed by atoms with Crippen LogP contribution in [0.1, 0.15) is 0 Å². The van der Waals surface area contributed by atoms with Crippen LogP contribution in [-0.4, -0.2) is 14.8 Å². The summed E-state index contributed by atoms with van der Waals surface area (Å²) in [7, 11) is 0. The third-order valence-electron chi connectivity index (χ3n) is 0.284. The molecule has 0 saturated carbocycles. The van der Waals surface area contributed by atoms with E-state index in [1.165, 1.54) is 0 Å². The van der Waals surface area contributed by atoms with Crippen molar-refractivity contribution in [3.05, 3.63) is 0 Å². The van der Waals surface area contributed by atoms with Crippen molar-refractivity contribution in [1.29, 1.82) is 0 Å². The number of primary amides is 1. The van der Waals surface area contributed by atoms with Gasteiger partial charge in [-0.3, -0.25) is 0 Å². The number of rotatable bonds is 3. The number of hydrogen-bond donors (Lipinski definition) is 3. The molecule has 1 unspecified atom stereocenters. The smallest absolute Gasteiger partial charge is 0.328 e. The Kier molecular flexibility index (Phi) is 3.88. The van der Waals surface area contributed by atoms with Crippen LogP contribution in [0.3, 0.4) is 0 Å². The van der Waals surface area contributed by atoms with Crippen LogP contribution in [0.5, 0.6) is 0 Å². The second kappa shape index (κ2) is 4.21. The Morgan fingerprint density at radius 1 is 1.78 bits per heavy atom. The molecule has 0 aliphatic rings. The molecule has 0 fully saturated rings. The molecular weight excluding hydrogens is 150 g/mol. The fraction of sp³-hybridized carbons (Fsp3) is 0. The number of urea groups is 1. The fourth-order valence-corrected chi connectivity index (χ4v) is 0.215. The molecular formula is CH4N3O4S-. The van der Waals surface area contributed by atoms with E-state index < -0.39 is 17.4 Å². The maximum atomic E-state index is 9.75. The van der Waals surface area contributed by atoms with Gasteiger partial charge in [0.15, 0.2) is 0 Å². The number of nitrogens with one attached hydrogen (secondary N) is 2. The standard InChI is InChI=1S/CH5N3O4S/c2-1(5)3-4-8-9(6)7/h4H,(H,6,7)(H3,2,3,5)/p-1. The van der Waals surface area contributed by atoms with Gasteiger partial charge in [-0.15, -0.1) is 0 Å². The summed E-state index contributed by atoms with van der Waals surface area (Å²) in [6.07, 6.45) is 0. The van der Waals surface area contributed by atoms with Gasteiger partial charge >= 0.3 is 6.03 Å². The lowest BCUT2D eigenvalue weighted by atomic mass is 11.2. The van der Waals surface area contributed by atoms with E-state index in [0.717, 1.165) is 0 Å². The average molecular weight is 154 g/mol. The van der Waals surface area contributed by atoms with Crippen molar-refractivity contribution < 1.29 is 17.8 Å². The summed E-state index contributed by atoms with van der Waals surface area (Å²) < 4.78 is 22.6. The van der Waals surface area contributed by atoms with E-state index in [4.69, 9.17) is 0 Å². The molecule has 0 bridgehead atoms. The molecule has 54 valence electrons. The van der Waals surface area contributed by atoms with Crippen LogP contribution >= 0.6 is 0 Å². The van der Waals surface area contributed by atoms with Crippen molar-refractivity contribution in [1.82, 2.24) is 11.0 Å². The lowest BCUT2D eigenvalue weighted by molar-refractivity contribution is 0.156. The van der Waals surface area contributed by atoms with Crippen LogP contribution in [0, 0.1) is 0 Å². The zero-order valence-corrected chi connectivity index (χ0v) is 4.94. The molecule has 4 N–H and O–H groups in total.